The predicted octanol–water partition coefficient (Wildman–Crippen LogP) is 3.33. The number of aromatic nitrogens is 4. The smallest absolute Gasteiger partial charge is 0.203 e. The SMILES string of the molecule is Cc1ccc(-n2ncc3cc(-c4nnc(N)s4)c(C)cc32)c(N)c1. The molecular formula is C17H16N6S. The topological polar surface area (TPSA) is 95.6 Å². The lowest BCUT2D eigenvalue weighted by atomic mass is 10.1. The Kier molecular flexibility index (Phi) is 3.24. The summed E-state index contributed by atoms with van der Waals surface area (Å²) >= 11 is 1.38. The molecule has 4 rings (SSSR count). The third-order valence-corrected chi connectivity index (χ3v) is 4.78. The van der Waals surface area contributed by atoms with E-state index >= 15 is 0 Å². The Morgan fingerprint density at radius 2 is 1.88 bits per heavy atom. The maximum absolute atomic E-state index is 6.17. The Morgan fingerprint density at radius 1 is 1.04 bits per heavy atom. The average Bonchev–Trinajstić information content (AvgIpc) is 3.13. The van der Waals surface area contributed by atoms with E-state index < -0.39 is 0 Å². The molecule has 0 aliphatic carbocycles. The molecule has 0 spiro atoms. The van der Waals surface area contributed by atoms with Crippen LogP contribution in [0.3, 0.4) is 0 Å². The maximum atomic E-state index is 6.17. The lowest BCUT2D eigenvalue weighted by molar-refractivity contribution is 0.912. The lowest BCUT2D eigenvalue weighted by Crippen LogP contribution is -2.01. The number of hydrogen-bond donors (Lipinski definition) is 2. The molecule has 0 bridgehead atoms. The summed E-state index contributed by atoms with van der Waals surface area (Å²) in [4.78, 5) is 0. The average molecular weight is 336 g/mol. The normalized spacial score (nSPS) is 11.2. The van der Waals surface area contributed by atoms with Gasteiger partial charge in [-0.15, -0.1) is 10.2 Å². The number of benzene rings is 2. The van der Waals surface area contributed by atoms with Gasteiger partial charge in [0.05, 0.1) is 23.1 Å². The van der Waals surface area contributed by atoms with Crippen LogP contribution >= 0.6 is 11.3 Å². The molecule has 2 aromatic heterocycles. The highest BCUT2D eigenvalue weighted by atomic mass is 32.1. The van der Waals surface area contributed by atoms with E-state index in [9.17, 15) is 0 Å². The van der Waals surface area contributed by atoms with Crippen molar-refractivity contribution in [3.8, 4) is 16.3 Å². The summed E-state index contributed by atoms with van der Waals surface area (Å²) in [6.45, 7) is 4.06. The van der Waals surface area contributed by atoms with Gasteiger partial charge in [0, 0.05) is 10.9 Å². The van der Waals surface area contributed by atoms with Gasteiger partial charge < -0.3 is 11.5 Å². The predicted molar refractivity (Wildman–Crippen MR) is 98.3 cm³/mol. The van der Waals surface area contributed by atoms with E-state index in [0.29, 0.717) is 10.8 Å². The molecule has 0 unspecified atom stereocenters. The van der Waals surface area contributed by atoms with Gasteiger partial charge >= 0.3 is 0 Å². The molecule has 120 valence electrons. The fraction of sp³-hybridized carbons (Fsp3) is 0.118. The first-order valence-corrected chi connectivity index (χ1v) is 8.29. The Bertz CT molecular complexity index is 1060. The Balaban J connectivity index is 1.90. The van der Waals surface area contributed by atoms with Crippen molar-refractivity contribution in [2.75, 3.05) is 11.5 Å². The molecule has 0 saturated heterocycles. The molecule has 2 heterocycles. The highest BCUT2D eigenvalue weighted by molar-refractivity contribution is 7.18. The van der Waals surface area contributed by atoms with Crippen LogP contribution in [0, 0.1) is 13.8 Å². The summed E-state index contributed by atoms with van der Waals surface area (Å²) in [5.41, 5.74) is 17.7. The van der Waals surface area contributed by atoms with Crippen molar-refractivity contribution < 1.29 is 0 Å². The summed E-state index contributed by atoms with van der Waals surface area (Å²) in [7, 11) is 0. The van der Waals surface area contributed by atoms with Crippen LogP contribution in [0.5, 0.6) is 0 Å². The zero-order valence-corrected chi connectivity index (χ0v) is 14.1. The lowest BCUT2D eigenvalue weighted by Gasteiger charge is -2.09. The number of hydrogen-bond acceptors (Lipinski definition) is 6. The number of nitrogens with two attached hydrogens (primary N) is 2. The van der Waals surface area contributed by atoms with Crippen molar-refractivity contribution in [3.05, 3.63) is 47.7 Å². The van der Waals surface area contributed by atoms with Crippen LogP contribution < -0.4 is 11.5 Å². The van der Waals surface area contributed by atoms with E-state index in [1.807, 2.05) is 42.9 Å². The van der Waals surface area contributed by atoms with Crippen LogP contribution in [0.15, 0.2) is 36.5 Å². The van der Waals surface area contributed by atoms with Gasteiger partial charge in [-0.3, -0.25) is 0 Å². The molecule has 0 aliphatic heterocycles. The molecule has 0 saturated carbocycles. The molecule has 0 aliphatic rings. The van der Waals surface area contributed by atoms with E-state index in [0.717, 1.165) is 38.3 Å². The Morgan fingerprint density at radius 3 is 2.58 bits per heavy atom. The minimum absolute atomic E-state index is 0.465. The molecule has 4 N–H and O–H groups in total. The second kappa shape index (κ2) is 5.31. The quantitative estimate of drug-likeness (QED) is 0.547. The van der Waals surface area contributed by atoms with Crippen molar-refractivity contribution >= 4 is 33.1 Å². The minimum atomic E-state index is 0.465. The van der Waals surface area contributed by atoms with Gasteiger partial charge in [0.1, 0.15) is 5.01 Å². The van der Waals surface area contributed by atoms with Gasteiger partial charge in [-0.05, 0) is 49.2 Å². The van der Waals surface area contributed by atoms with Crippen molar-refractivity contribution in [1.29, 1.82) is 0 Å². The third-order valence-electron chi connectivity index (χ3n) is 4.00. The second-order valence-electron chi connectivity index (χ2n) is 5.79. The fourth-order valence-corrected chi connectivity index (χ4v) is 3.50. The van der Waals surface area contributed by atoms with E-state index in [1.165, 1.54) is 11.3 Å². The molecular weight excluding hydrogens is 320 g/mol. The van der Waals surface area contributed by atoms with Crippen LogP contribution in [0.1, 0.15) is 11.1 Å². The molecule has 0 atom stereocenters. The van der Waals surface area contributed by atoms with Gasteiger partial charge in [-0.1, -0.05) is 17.4 Å². The first-order chi connectivity index (χ1) is 11.5. The molecule has 4 aromatic rings. The summed E-state index contributed by atoms with van der Waals surface area (Å²) in [5, 5.41) is 14.8. The third kappa shape index (κ3) is 2.30. The van der Waals surface area contributed by atoms with Crippen molar-refractivity contribution in [3.63, 3.8) is 0 Å². The van der Waals surface area contributed by atoms with E-state index in [2.05, 4.69) is 27.4 Å². The van der Waals surface area contributed by atoms with Crippen LogP contribution in [0.25, 0.3) is 27.2 Å². The molecule has 2 aromatic carbocycles. The highest BCUT2D eigenvalue weighted by Gasteiger charge is 2.13. The molecule has 6 nitrogen and oxygen atoms in total. The van der Waals surface area contributed by atoms with Gasteiger partial charge in [-0.2, -0.15) is 5.10 Å². The fourth-order valence-electron chi connectivity index (χ4n) is 2.81. The first kappa shape index (κ1) is 14.6. The molecule has 7 heteroatoms. The van der Waals surface area contributed by atoms with E-state index in [1.54, 1.807) is 0 Å². The molecule has 0 amide bonds. The Labute approximate surface area is 142 Å². The van der Waals surface area contributed by atoms with Crippen LogP contribution in [0.4, 0.5) is 10.8 Å². The number of anilines is 2. The molecule has 0 radical (unpaired) electrons. The summed E-state index contributed by atoms with van der Waals surface area (Å²) in [6, 6.07) is 10.1. The number of nitrogens with zero attached hydrogens (tertiary/aromatic N) is 4. The van der Waals surface area contributed by atoms with Crippen LogP contribution in [0.2, 0.25) is 0 Å². The van der Waals surface area contributed by atoms with E-state index in [-0.39, 0.29) is 0 Å². The number of aryl methyl sites for hydroxylation is 2. The van der Waals surface area contributed by atoms with Crippen molar-refractivity contribution in [2.24, 2.45) is 0 Å². The van der Waals surface area contributed by atoms with E-state index in [4.69, 9.17) is 11.5 Å². The number of rotatable bonds is 2. The summed E-state index contributed by atoms with van der Waals surface area (Å²) < 4.78 is 1.87. The highest BCUT2D eigenvalue weighted by Crippen LogP contribution is 2.32. The maximum Gasteiger partial charge on any atom is 0.203 e. The van der Waals surface area contributed by atoms with Crippen molar-refractivity contribution in [1.82, 2.24) is 20.0 Å². The second-order valence-corrected chi connectivity index (χ2v) is 6.80. The summed E-state index contributed by atoms with van der Waals surface area (Å²) in [6.07, 6.45) is 1.84. The van der Waals surface area contributed by atoms with Crippen LogP contribution in [-0.4, -0.2) is 20.0 Å². The first-order valence-electron chi connectivity index (χ1n) is 7.47. The zero-order chi connectivity index (χ0) is 16.8. The van der Waals surface area contributed by atoms with Crippen molar-refractivity contribution in [2.45, 2.75) is 13.8 Å². The van der Waals surface area contributed by atoms with Gasteiger partial charge in [-0.25, -0.2) is 4.68 Å². The Hall–Kier alpha value is -2.93. The molecule has 0 fully saturated rings. The number of nitrogen functional groups attached to an aromatic ring is 2. The standard InChI is InChI=1S/C17H16N6S/c1-9-3-4-14(13(18)5-9)23-15-6-10(2)12(7-11(15)8-20-23)16-21-22-17(19)24-16/h3-8H,18H2,1-2H3,(H2,19,22). The minimum Gasteiger partial charge on any atom is -0.397 e. The van der Waals surface area contributed by atoms with Gasteiger partial charge in [0.2, 0.25) is 5.13 Å². The monoisotopic (exact) mass is 336 g/mol. The number of fused-ring (bicyclic) bond motifs is 1. The van der Waals surface area contributed by atoms with Crippen LogP contribution in [-0.2, 0) is 0 Å². The van der Waals surface area contributed by atoms with Gasteiger partial charge in [0.15, 0.2) is 0 Å². The summed E-state index contributed by atoms with van der Waals surface area (Å²) in [5.74, 6) is 0. The largest absolute Gasteiger partial charge is 0.397 e. The molecule has 24 heavy (non-hydrogen) atoms. The van der Waals surface area contributed by atoms with Gasteiger partial charge in [0.25, 0.3) is 0 Å². The zero-order valence-electron chi connectivity index (χ0n) is 13.3.